The second-order valence-corrected chi connectivity index (χ2v) is 7.81. The van der Waals surface area contributed by atoms with Crippen molar-refractivity contribution >= 4 is 22.8 Å². The lowest BCUT2D eigenvalue weighted by atomic mass is 10.1. The molecule has 0 amide bonds. The molecule has 0 atom stereocenters. The number of fused-ring (bicyclic) bond motifs is 1. The van der Waals surface area contributed by atoms with Gasteiger partial charge in [0.15, 0.2) is 11.6 Å². The van der Waals surface area contributed by atoms with Crippen LogP contribution in [-0.2, 0) is 11.3 Å². The molecule has 3 aromatic rings. The number of hydrogen-bond donors (Lipinski definition) is 0. The van der Waals surface area contributed by atoms with Crippen LogP contribution in [0.5, 0.6) is 11.5 Å². The molecule has 3 heterocycles. The van der Waals surface area contributed by atoms with Crippen molar-refractivity contribution < 1.29 is 23.4 Å². The van der Waals surface area contributed by atoms with Gasteiger partial charge < -0.3 is 23.7 Å². The Hall–Kier alpha value is -3.62. The zero-order chi connectivity index (χ0) is 23.7. The van der Waals surface area contributed by atoms with Gasteiger partial charge in [0.05, 0.1) is 32.8 Å². The van der Waals surface area contributed by atoms with Gasteiger partial charge in [0.2, 0.25) is 5.43 Å². The highest BCUT2D eigenvalue weighted by molar-refractivity contribution is 5.94. The van der Waals surface area contributed by atoms with Gasteiger partial charge in [-0.1, -0.05) is 0 Å². The maximum Gasteiger partial charge on any atom is 0.343 e. The molecule has 1 aromatic carbocycles. The Balaban J connectivity index is 1.96. The molecule has 0 radical (unpaired) electrons. The van der Waals surface area contributed by atoms with E-state index in [0.29, 0.717) is 30.2 Å². The van der Waals surface area contributed by atoms with Crippen LogP contribution in [0.3, 0.4) is 0 Å². The highest BCUT2D eigenvalue weighted by atomic mass is 19.1. The third-order valence-corrected chi connectivity index (χ3v) is 5.85. The topological polar surface area (TPSA) is 82.9 Å². The molecule has 0 spiro atoms. The first-order valence-corrected chi connectivity index (χ1v) is 10.8. The summed E-state index contributed by atoms with van der Waals surface area (Å²) in [5.41, 5.74) is 0.464. The van der Waals surface area contributed by atoms with Crippen molar-refractivity contribution in [1.82, 2.24) is 9.55 Å². The van der Waals surface area contributed by atoms with Gasteiger partial charge >= 0.3 is 5.97 Å². The Labute approximate surface area is 190 Å². The van der Waals surface area contributed by atoms with E-state index in [2.05, 4.69) is 4.98 Å². The Bertz CT molecular complexity index is 1280. The number of methoxy groups -OCH3 is 2. The predicted octanol–water partition coefficient (Wildman–Crippen LogP) is 3.30. The lowest BCUT2D eigenvalue weighted by molar-refractivity contribution is 0.0524. The number of benzene rings is 1. The molecule has 9 heteroatoms. The molecular weight excluding hydrogens is 429 g/mol. The minimum Gasteiger partial charge on any atom is -0.497 e. The van der Waals surface area contributed by atoms with Crippen molar-refractivity contribution in [3.8, 4) is 11.5 Å². The summed E-state index contributed by atoms with van der Waals surface area (Å²) in [6.07, 6.45) is 2.38. The lowest BCUT2D eigenvalue weighted by Gasteiger charge is -2.33. The van der Waals surface area contributed by atoms with Crippen molar-refractivity contribution in [1.29, 1.82) is 0 Å². The summed E-state index contributed by atoms with van der Waals surface area (Å²) in [4.78, 5) is 32.1. The summed E-state index contributed by atoms with van der Waals surface area (Å²) < 4.78 is 32.7. The van der Waals surface area contributed by atoms with E-state index in [1.54, 1.807) is 37.8 Å². The summed E-state index contributed by atoms with van der Waals surface area (Å²) in [7, 11) is 3.11. The largest absolute Gasteiger partial charge is 0.497 e. The number of pyridine rings is 2. The third kappa shape index (κ3) is 3.99. The molecule has 174 valence electrons. The first-order chi connectivity index (χ1) is 15.9. The molecule has 2 aromatic heterocycles. The average molecular weight is 455 g/mol. The van der Waals surface area contributed by atoms with Gasteiger partial charge in [0, 0.05) is 36.5 Å². The molecule has 4 rings (SSSR count). The molecule has 0 saturated carbocycles. The van der Waals surface area contributed by atoms with Gasteiger partial charge in [0.1, 0.15) is 22.7 Å². The van der Waals surface area contributed by atoms with Crippen LogP contribution in [0.2, 0.25) is 0 Å². The molecule has 1 aliphatic rings. The highest BCUT2D eigenvalue weighted by Gasteiger charge is 2.26. The van der Waals surface area contributed by atoms with Crippen LogP contribution in [0.15, 0.2) is 29.2 Å². The van der Waals surface area contributed by atoms with Crippen molar-refractivity contribution in [3.63, 3.8) is 0 Å². The molecule has 0 aliphatic carbocycles. The lowest BCUT2D eigenvalue weighted by Crippen LogP contribution is -2.38. The highest BCUT2D eigenvalue weighted by Crippen LogP contribution is 2.30. The van der Waals surface area contributed by atoms with Gasteiger partial charge in [-0.25, -0.2) is 14.2 Å². The zero-order valence-corrected chi connectivity index (χ0v) is 19.1. The van der Waals surface area contributed by atoms with E-state index >= 15 is 4.39 Å². The second kappa shape index (κ2) is 9.09. The SMILES string of the molecule is CCOC(=O)c1cn(Cc2ccc(OC)cc2OC)c2nc(N3CCC3)c(F)c(C)c2c1=O. The van der Waals surface area contributed by atoms with Crippen molar-refractivity contribution in [3.05, 3.63) is 57.1 Å². The average Bonchev–Trinajstić information content (AvgIpc) is 2.77. The van der Waals surface area contributed by atoms with Crippen LogP contribution in [0, 0.1) is 12.7 Å². The zero-order valence-electron chi connectivity index (χ0n) is 19.1. The normalized spacial score (nSPS) is 13.1. The smallest absolute Gasteiger partial charge is 0.343 e. The van der Waals surface area contributed by atoms with E-state index in [0.717, 1.165) is 12.0 Å². The van der Waals surface area contributed by atoms with Crippen LogP contribution in [0.4, 0.5) is 10.2 Å². The molecule has 8 nitrogen and oxygen atoms in total. The molecule has 33 heavy (non-hydrogen) atoms. The van der Waals surface area contributed by atoms with E-state index in [1.807, 2.05) is 11.0 Å². The summed E-state index contributed by atoms with van der Waals surface area (Å²) >= 11 is 0. The maximum atomic E-state index is 15.2. The number of ether oxygens (including phenoxy) is 3. The number of hydrogen-bond acceptors (Lipinski definition) is 7. The Morgan fingerprint density at radius 3 is 2.58 bits per heavy atom. The van der Waals surface area contributed by atoms with Crippen LogP contribution in [0.25, 0.3) is 11.0 Å². The van der Waals surface area contributed by atoms with E-state index in [-0.39, 0.29) is 35.5 Å². The number of nitrogens with zero attached hydrogens (tertiary/aromatic N) is 3. The molecule has 0 unspecified atom stereocenters. The standard InChI is InChI=1S/C24H26FN3O5/c1-5-33-24(30)17-13-28(12-15-7-8-16(31-3)11-18(15)32-4)22-19(21(17)29)14(2)20(25)23(26-22)27-9-6-10-27/h7-8,11,13H,5-6,9-10,12H2,1-4H3. The fraction of sp³-hybridized carbons (Fsp3) is 0.375. The number of carbonyl (C=O) groups excluding carboxylic acids is 1. The minimum absolute atomic E-state index is 0.0646. The summed E-state index contributed by atoms with van der Waals surface area (Å²) in [5, 5.41) is 0.0646. The summed E-state index contributed by atoms with van der Waals surface area (Å²) in [6, 6.07) is 5.37. The van der Waals surface area contributed by atoms with Gasteiger partial charge in [-0.3, -0.25) is 4.79 Å². The summed E-state index contributed by atoms with van der Waals surface area (Å²) in [6.45, 7) is 4.94. The molecule has 0 N–H and O–H groups in total. The Morgan fingerprint density at radius 2 is 1.97 bits per heavy atom. The van der Waals surface area contributed by atoms with E-state index < -0.39 is 17.2 Å². The fourth-order valence-electron chi connectivity index (χ4n) is 3.92. The number of halogens is 1. The number of aryl methyl sites for hydroxylation is 1. The number of anilines is 1. The van der Waals surface area contributed by atoms with Crippen LogP contribution in [-0.4, -0.2) is 49.4 Å². The maximum absolute atomic E-state index is 15.2. The number of carbonyl (C=O) groups is 1. The quantitative estimate of drug-likeness (QED) is 0.506. The van der Waals surface area contributed by atoms with Crippen LogP contribution < -0.4 is 19.8 Å². The van der Waals surface area contributed by atoms with E-state index in [4.69, 9.17) is 14.2 Å². The van der Waals surface area contributed by atoms with Gasteiger partial charge in [-0.2, -0.15) is 0 Å². The number of esters is 1. The number of aromatic nitrogens is 2. The molecule has 0 bridgehead atoms. The molecule has 1 fully saturated rings. The van der Waals surface area contributed by atoms with Crippen LogP contribution in [0.1, 0.15) is 34.8 Å². The first kappa shape index (κ1) is 22.6. The van der Waals surface area contributed by atoms with Gasteiger partial charge in [0.25, 0.3) is 0 Å². The van der Waals surface area contributed by atoms with E-state index in [9.17, 15) is 9.59 Å². The van der Waals surface area contributed by atoms with Crippen molar-refractivity contribution in [2.24, 2.45) is 0 Å². The Morgan fingerprint density at radius 1 is 1.21 bits per heavy atom. The summed E-state index contributed by atoms with van der Waals surface area (Å²) in [5.74, 6) is 0.106. The predicted molar refractivity (Wildman–Crippen MR) is 122 cm³/mol. The molecule has 1 saturated heterocycles. The van der Waals surface area contributed by atoms with E-state index in [1.165, 1.54) is 13.1 Å². The monoisotopic (exact) mass is 455 g/mol. The fourth-order valence-corrected chi connectivity index (χ4v) is 3.92. The molecule has 1 aliphatic heterocycles. The van der Waals surface area contributed by atoms with Crippen LogP contribution >= 0.6 is 0 Å². The Kier molecular flexibility index (Phi) is 6.22. The third-order valence-electron chi connectivity index (χ3n) is 5.85. The van der Waals surface area contributed by atoms with Crippen molar-refractivity contribution in [2.75, 3.05) is 38.8 Å². The van der Waals surface area contributed by atoms with Gasteiger partial charge in [-0.15, -0.1) is 0 Å². The molecular formula is C24H26FN3O5. The van der Waals surface area contributed by atoms with Gasteiger partial charge in [-0.05, 0) is 32.4 Å². The second-order valence-electron chi connectivity index (χ2n) is 7.81. The first-order valence-electron chi connectivity index (χ1n) is 10.8. The number of rotatable bonds is 7. The van der Waals surface area contributed by atoms with Crippen molar-refractivity contribution in [2.45, 2.75) is 26.8 Å². The minimum atomic E-state index is -0.758.